The number of nitrogens with zero attached hydrogens (tertiary/aromatic N) is 1. The Hall–Kier alpha value is -1.94. The fourth-order valence-corrected chi connectivity index (χ4v) is 2.48. The number of aromatic nitrogens is 2. The van der Waals surface area contributed by atoms with Crippen LogP contribution in [-0.4, -0.2) is 49.8 Å². The highest BCUT2D eigenvalue weighted by Gasteiger charge is 2.44. The number of furan rings is 1. The van der Waals surface area contributed by atoms with Gasteiger partial charge in [0.1, 0.15) is 29.5 Å². The quantitative estimate of drug-likeness (QED) is 0.513. The van der Waals surface area contributed by atoms with Crippen LogP contribution in [0.15, 0.2) is 20.1 Å². The maximum absolute atomic E-state index is 12.0. The lowest BCUT2D eigenvalue weighted by Crippen LogP contribution is -2.38. The summed E-state index contributed by atoms with van der Waals surface area (Å²) in [4.78, 5) is 25.8. The summed E-state index contributed by atoms with van der Waals surface area (Å²) in [7, 11) is 0. The van der Waals surface area contributed by atoms with Gasteiger partial charge in [0.25, 0.3) is 5.56 Å². The van der Waals surface area contributed by atoms with Crippen LogP contribution in [-0.2, 0) is 4.74 Å². The van der Waals surface area contributed by atoms with Gasteiger partial charge in [-0.3, -0.25) is 9.78 Å². The smallest absolute Gasteiger partial charge is 0.333 e. The average Bonchev–Trinajstić information content (AvgIpc) is 2.94. The van der Waals surface area contributed by atoms with Crippen LogP contribution in [0.4, 0.5) is 0 Å². The van der Waals surface area contributed by atoms with Crippen molar-refractivity contribution in [3.05, 3.63) is 32.7 Å². The Morgan fingerprint density at radius 2 is 2.05 bits per heavy atom. The maximum Gasteiger partial charge on any atom is 0.333 e. The van der Waals surface area contributed by atoms with E-state index < -0.39 is 42.4 Å². The van der Waals surface area contributed by atoms with E-state index in [1.54, 1.807) is 6.92 Å². The van der Waals surface area contributed by atoms with E-state index in [-0.39, 0.29) is 11.1 Å². The van der Waals surface area contributed by atoms with E-state index in [2.05, 4.69) is 4.98 Å². The molecule has 0 spiro atoms. The monoisotopic (exact) mass is 298 g/mol. The van der Waals surface area contributed by atoms with Crippen molar-refractivity contribution in [3.8, 4) is 0 Å². The molecule has 9 nitrogen and oxygen atoms in total. The summed E-state index contributed by atoms with van der Waals surface area (Å²) in [6.07, 6.45) is -5.10. The minimum atomic E-state index is -1.45. The van der Waals surface area contributed by atoms with Gasteiger partial charge in [-0.15, -0.1) is 0 Å². The number of nitrogens with one attached hydrogen (secondary N) is 1. The Balaban J connectivity index is 2.21. The molecule has 114 valence electrons. The second-order valence-corrected chi connectivity index (χ2v) is 4.93. The lowest BCUT2D eigenvalue weighted by Gasteiger charge is -2.17. The number of rotatable bonds is 2. The second-order valence-electron chi connectivity index (χ2n) is 4.93. The van der Waals surface area contributed by atoms with E-state index in [9.17, 15) is 19.8 Å². The molecule has 0 amide bonds. The van der Waals surface area contributed by atoms with Gasteiger partial charge in [-0.1, -0.05) is 0 Å². The Kier molecular flexibility index (Phi) is 3.21. The van der Waals surface area contributed by atoms with Crippen molar-refractivity contribution in [2.24, 2.45) is 0 Å². The number of aryl methyl sites for hydroxylation is 1. The Morgan fingerprint density at radius 3 is 2.67 bits per heavy atom. The molecular weight excluding hydrogens is 284 g/mol. The Labute approximate surface area is 117 Å². The van der Waals surface area contributed by atoms with Crippen molar-refractivity contribution in [1.29, 1.82) is 0 Å². The molecule has 0 bridgehead atoms. The number of fused-ring (bicyclic) bond motifs is 1. The predicted molar refractivity (Wildman–Crippen MR) is 68.8 cm³/mol. The topological polar surface area (TPSA) is 138 Å². The molecule has 0 aromatic carbocycles. The highest BCUT2D eigenvalue weighted by atomic mass is 16.6. The predicted octanol–water partition coefficient (Wildman–Crippen LogP) is -1.80. The number of aromatic amines is 1. The van der Waals surface area contributed by atoms with Crippen LogP contribution in [0.2, 0.25) is 0 Å². The highest BCUT2D eigenvalue weighted by molar-refractivity contribution is 5.73. The third kappa shape index (κ3) is 2.02. The molecule has 0 radical (unpaired) electrons. The SMILES string of the molecule is Cc1cc2c(=O)[nH]c(=O)n([C@@H]3O[C@H](CO)[C@@H](O)[C@@H]3O)c2o1. The summed E-state index contributed by atoms with van der Waals surface area (Å²) in [5.74, 6) is 0.404. The fraction of sp³-hybridized carbons (Fsp3) is 0.500. The molecule has 9 heteroatoms. The maximum atomic E-state index is 12.0. The Bertz CT molecular complexity index is 789. The van der Waals surface area contributed by atoms with Gasteiger partial charge in [0.2, 0.25) is 5.71 Å². The molecule has 0 aliphatic carbocycles. The third-order valence-electron chi connectivity index (χ3n) is 3.51. The first-order valence-electron chi connectivity index (χ1n) is 6.31. The average molecular weight is 298 g/mol. The molecule has 0 saturated carbocycles. The van der Waals surface area contributed by atoms with Crippen LogP contribution in [0.3, 0.4) is 0 Å². The summed E-state index contributed by atoms with van der Waals surface area (Å²) in [5.41, 5.74) is -1.51. The van der Waals surface area contributed by atoms with Gasteiger partial charge in [0.15, 0.2) is 6.23 Å². The first-order chi connectivity index (χ1) is 9.93. The Morgan fingerprint density at radius 1 is 1.33 bits per heavy atom. The van der Waals surface area contributed by atoms with Gasteiger partial charge in [0, 0.05) is 0 Å². The van der Waals surface area contributed by atoms with E-state index in [1.165, 1.54) is 6.07 Å². The van der Waals surface area contributed by atoms with Gasteiger partial charge in [-0.2, -0.15) is 0 Å². The largest absolute Gasteiger partial charge is 0.444 e. The lowest BCUT2D eigenvalue weighted by molar-refractivity contribution is -0.0539. The van der Waals surface area contributed by atoms with Gasteiger partial charge >= 0.3 is 5.69 Å². The number of ether oxygens (including phenoxy) is 1. The van der Waals surface area contributed by atoms with Gasteiger partial charge < -0.3 is 24.5 Å². The van der Waals surface area contributed by atoms with E-state index in [0.29, 0.717) is 5.76 Å². The van der Waals surface area contributed by atoms with Crippen LogP contribution < -0.4 is 11.2 Å². The first-order valence-corrected chi connectivity index (χ1v) is 6.31. The summed E-state index contributed by atoms with van der Waals surface area (Å²) in [5, 5.41) is 29.0. The van der Waals surface area contributed by atoms with E-state index in [0.717, 1.165) is 4.57 Å². The molecule has 2 aromatic rings. The van der Waals surface area contributed by atoms with Crippen LogP contribution >= 0.6 is 0 Å². The number of hydrogen-bond acceptors (Lipinski definition) is 7. The van der Waals surface area contributed by atoms with E-state index >= 15 is 0 Å². The second kappa shape index (κ2) is 4.81. The van der Waals surface area contributed by atoms with Crippen molar-refractivity contribution in [3.63, 3.8) is 0 Å². The molecule has 2 aromatic heterocycles. The number of H-pyrrole nitrogens is 1. The van der Waals surface area contributed by atoms with Crippen molar-refractivity contribution in [1.82, 2.24) is 9.55 Å². The number of aliphatic hydroxyl groups is 3. The molecule has 1 aliphatic rings. The zero-order valence-corrected chi connectivity index (χ0v) is 11.0. The molecule has 3 rings (SSSR count). The number of hydrogen-bond donors (Lipinski definition) is 4. The highest BCUT2D eigenvalue weighted by Crippen LogP contribution is 2.30. The zero-order chi connectivity index (χ0) is 15.3. The van der Waals surface area contributed by atoms with Gasteiger partial charge in [-0.25, -0.2) is 9.36 Å². The van der Waals surface area contributed by atoms with Crippen molar-refractivity contribution < 1.29 is 24.5 Å². The molecular formula is C12H14N2O7. The molecule has 1 fully saturated rings. The molecule has 0 unspecified atom stereocenters. The minimum absolute atomic E-state index is 0.0592. The lowest BCUT2D eigenvalue weighted by atomic mass is 10.1. The van der Waals surface area contributed by atoms with Crippen LogP contribution in [0, 0.1) is 6.92 Å². The zero-order valence-electron chi connectivity index (χ0n) is 11.0. The third-order valence-corrected chi connectivity index (χ3v) is 3.51. The molecule has 4 N–H and O–H groups in total. The van der Waals surface area contributed by atoms with Crippen LogP contribution in [0.5, 0.6) is 0 Å². The van der Waals surface area contributed by atoms with Gasteiger partial charge in [0.05, 0.1) is 6.61 Å². The standard InChI is InChI=1S/C12H14N2O7/c1-4-2-5-9(18)13-12(19)14(10(5)20-4)11-8(17)7(16)6(3-15)21-11/h2,6-8,11,15-17H,3H2,1H3,(H,13,18,19)/t6-,7-,8+,11-/m1/s1. The van der Waals surface area contributed by atoms with Crippen LogP contribution in [0.25, 0.3) is 11.1 Å². The van der Waals surface area contributed by atoms with Gasteiger partial charge in [-0.05, 0) is 13.0 Å². The summed E-state index contributed by atoms with van der Waals surface area (Å²) in [6, 6.07) is 1.45. The molecule has 4 atom stereocenters. The normalized spacial score (nSPS) is 29.3. The molecule has 3 heterocycles. The first kappa shape index (κ1) is 14.0. The summed E-state index contributed by atoms with van der Waals surface area (Å²) >= 11 is 0. The van der Waals surface area contributed by atoms with Crippen molar-refractivity contribution in [2.75, 3.05) is 6.61 Å². The molecule has 1 aliphatic heterocycles. The summed E-state index contributed by atoms with van der Waals surface area (Å²) < 4.78 is 11.5. The van der Waals surface area contributed by atoms with E-state index in [4.69, 9.17) is 14.3 Å². The minimum Gasteiger partial charge on any atom is -0.444 e. The van der Waals surface area contributed by atoms with Crippen molar-refractivity contribution in [2.45, 2.75) is 31.5 Å². The van der Waals surface area contributed by atoms with E-state index in [1.807, 2.05) is 0 Å². The molecule has 1 saturated heterocycles. The summed E-state index contributed by atoms with van der Waals surface area (Å²) in [6.45, 7) is 1.08. The number of aliphatic hydroxyl groups excluding tert-OH is 3. The molecule has 21 heavy (non-hydrogen) atoms. The fourth-order valence-electron chi connectivity index (χ4n) is 2.48. The van der Waals surface area contributed by atoms with Crippen LogP contribution in [0.1, 0.15) is 12.0 Å². The van der Waals surface area contributed by atoms with Crippen molar-refractivity contribution >= 4 is 11.1 Å².